The summed E-state index contributed by atoms with van der Waals surface area (Å²) in [7, 11) is 0. The number of amides is 1. The minimum atomic E-state index is -0.760. The Balaban J connectivity index is 2.11. The van der Waals surface area contributed by atoms with Crippen LogP contribution < -0.4 is 0 Å². The SMILES string of the molecule is O=C(c1ccc(Cl)c(I)c1)N1CCC(F)CC1. The van der Waals surface area contributed by atoms with Crippen molar-refractivity contribution in [2.75, 3.05) is 13.1 Å². The highest BCUT2D eigenvalue weighted by Crippen LogP contribution is 2.21. The molecule has 1 aliphatic heterocycles. The lowest BCUT2D eigenvalue weighted by Crippen LogP contribution is -2.39. The number of carbonyl (C=O) groups is 1. The quantitative estimate of drug-likeness (QED) is 0.696. The van der Waals surface area contributed by atoms with E-state index in [9.17, 15) is 9.18 Å². The molecule has 17 heavy (non-hydrogen) atoms. The summed E-state index contributed by atoms with van der Waals surface area (Å²) in [6.07, 6.45) is 0.122. The number of alkyl halides is 1. The van der Waals surface area contributed by atoms with Gasteiger partial charge in [0, 0.05) is 22.2 Å². The van der Waals surface area contributed by atoms with Gasteiger partial charge in [-0.05, 0) is 53.6 Å². The normalized spacial score (nSPS) is 17.2. The molecule has 1 aromatic carbocycles. The van der Waals surface area contributed by atoms with E-state index in [1.54, 1.807) is 23.1 Å². The number of piperidine rings is 1. The number of benzene rings is 1. The first-order chi connectivity index (χ1) is 8.08. The van der Waals surface area contributed by atoms with E-state index in [1.165, 1.54) is 0 Å². The molecule has 0 radical (unpaired) electrons. The van der Waals surface area contributed by atoms with Crippen molar-refractivity contribution in [1.82, 2.24) is 4.90 Å². The fourth-order valence-electron chi connectivity index (χ4n) is 1.86. The summed E-state index contributed by atoms with van der Waals surface area (Å²) in [5, 5.41) is 0.643. The molecule has 92 valence electrons. The number of hydrogen-bond donors (Lipinski definition) is 0. The lowest BCUT2D eigenvalue weighted by Gasteiger charge is -2.28. The number of likely N-dealkylation sites (tertiary alicyclic amines) is 1. The molecule has 2 nitrogen and oxygen atoms in total. The van der Waals surface area contributed by atoms with Crippen LogP contribution in [0.3, 0.4) is 0 Å². The van der Waals surface area contributed by atoms with Gasteiger partial charge in [0.15, 0.2) is 0 Å². The molecule has 5 heteroatoms. The molecule has 1 heterocycles. The van der Waals surface area contributed by atoms with Crippen molar-refractivity contribution in [3.8, 4) is 0 Å². The number of carbonyl (C=O) groups excluding carboxylic acids is 1. The summed E-state index contributed by atoms with van der Waals surface area (Å²) < 4.78 is 13.8. The van der Waals surface area contributed by atoms with E-state index in [0.29, 0.717) is 36.5 Å². The highest BCUT2D eigenvalue weighted by molar-refractivity contribution is 14.1. The number of hydrogen-bond acceptors (Lipinski definition) is 1. The van der Waals surface area contributed by atoms with E-state index in [2.05, 4.69) is 22.6 Å². The van der Waals surface area contributed by atoms with E-state index in [1.807, 2.05) is 0 Å². The molecule has 1 aromatic rings. The molecule has 1 aliphatic rings. The van der Waals surface area contributed by atoms with Crippen LogP contribution in [0.1, 0.15) is 23.2 Å². The fraction of sp³-hybridized carbons (Fsp3) is 0.417. The maximum absolute atomic E-state index is 13.0. The molecule has 0 atom stereocenters. The van der Waals surface area contributed by atoms with Crippen molar-refractivity contribution in [2.45, 2.75) is 19.0 Å². The third-order valence-electron chi connectivity index (χ3n) is 2.88. The van der Waals surface area contributed by atoms with Gasteiger partial charge in [0.1, 0.15) is 6.17 Å². The van der Waals surface area contributed by atoms with Gasteiger partial charge in [-0.2, -0.15) is 0 Å². The molecule has 0 aromatic heterocycles. The minimum absolute atomic E-state index is 0.0357. The van der Waals surface area contributed by atoms with Crippen LogP contribution in [-0.2, 0) is 0 Å². The predicted octanol–water partition coefficient (Wildman–Crippen LogP) is 3.52. The van der Waals surface area contributed by atoms with Crippen molar-refractivity contribution in [3.63, 3.8) is 0 Å². The first-order valence-corrected chi connectivity index (χ1v) is 6.92. The summed E-state index contributed by atoms with van der Waals surface area (Å²) in [4.78, 5) is 13.8. The average molecular weight is 368 g/mol. The third-order valence-corrected chi connectivity index (χ3v) is 4.42. The van der Waals surface area contributed by atoms with Gasteiger partial charge in [0.05, 0.1) is 5.02 Å². The molecular formula is C12H12ClFINO. The van der Waals surface area contributed by atoms with Gasteiger partial charge in [-0.3, -0.25) is 4.79 Å². The van der Waals surface area contributed by atoms with Gasteiger partial charge in [-0.1, -0.05) is 11.6 Å². The van der Waals surface area contributed by atoms with Crippen molar-refractivity contribution in [1.29, 1.82) is 0 Å². The molecule has 1 amide bonds. The number of nitrogens with zero attached hydrogens (tertiary/aromatic N) is 1. The number of rotatable bonds is 1. The van der Waals surface area contributed by atoms with E-state index >= 15 is 0 Å². The zero-order valence-electron chi connectivity index (χ0n) is 9.13. The van der Waals surface area contributed by atoms with Crippen molar-refractivity contribution >= 4 is 40.1 Å². The largest absolute Gasteiger partial charge is 0.338 e. The zero-order chi connectivity index (χ0) is 12.4. The Morgan fingerprint density at radius 3 is 2.65 bits per heavy atom. The zero-order valence-corrected chi connectivity index (χ0v) is 12.0. The Labute approximate surface area is 118 Å². The van der Waals surface area contributed by atoms with E-state index in [0.717, 1.165) is 3.57 Å². The predicted molar refractivity (Wildman–Crippen MR) is 74.2 cm³/mol. The van der Waals surface area contributed by atoms with Gasteiger partial charge < -0.3 is 4.90 Å². The second-order valence-corrected chi connectivity index (χ2v) is 5.67. The standard InChI is InChI=1S/C12H12ClFINO/c13-10-2-1-8(7-11(10)15)12(17)16-5-3-9(14)4-6-16/h1-2,7,9H,3-6H2. The van der Waals surface area contributed by atoms with Crippen LogP contribution in [0, 0.1) is 3.57 Å². The highest BCUT2D eigenvalue weighted by Gasteiger charge is 2.23. The third kappa shape index (κ3) is 3.10. The van der Waals surface area contributed by atoms with Gasteiger partial charge in [-0.25, -0.2) is 4.39 Å². The average Bonchev–Trinajstić information content (AvgIpc) is 2.33. The summed E-state index contributed by atoms with van der Waals surface area (Å²) >= 11 is 8.00. The molecule has 2 rings (SSSR count). The van der Waals surface area contributed by atoms with E-state index in [-0.39, 0.29) is 5.91 Å². The van der Waals surface area contributed by atoms with Gasteiger partial charge in [-0.15, -0.1) is 0 Å². The monoisotopic (exact) mass is 367 g/mol. The van der Waals surface area contributed by atoms with Crippen LogP contribution in [0.4, 0.5) is 4.39 Å². The summed E-state index contributed by atoms with van der Waals surface area (Å²) in [5.74, 6) is -0.0357. The van der Waals surface area contributed by atoms with Crippen LogP contribution >= 0.6 is 34.2 Å². The molecular weight excluding hydrogens is 355 g/mol. The van der Waals surface area contributed by atoms with Crippen molar-refractivity contribution < 1.29 is 9.18 Å². The van der Waals surface area contributed by atoms with Crippen LogP contribution in [0.5, 0.6) is 0 Å². The lowest BCUT2D eigenvalue weighted by molar-refractivity contribution is 0.0667. The van der Waals surface area contributed by atoms with Gasteiger partial charge >= 0.3 is 0 Å². The summed E-state index contributed by atoms with van der Waals surface area (Å²) in [6.45, 7) is 0.998. The maximum atomic E-state index is 13.0. The Bertz CT molecular complexity index is 433. The highest BCUT2D eigenvalue weighted by atomic mass is 127. The Morgan fingerprint density at radius 2 is 2.06 bits per heavy atom. The molecule has 0 bridgehead atoms. The number of halogens is 3. The van der Waals surface area contributed by atoms with Crippen LogP contribution in [0.2, 0.25) is 5.02 Å². The van der Waals surface area contributed by atoms with Crippen molar-refractivity contribution in [3.05, 3.63) is 32.4 Å². The Hall–Kier alpha value is -0.360. The Kier molecular flexibility index (Phi) is 4.25. The fourth-order valence-corrected chi connectivity index (χ4v) is 2.50. The van der Waals surface area contributed by atoms with E-state index in [4.69, 9.17) is 11.6 Å². The molecule has 0 saturated carbocycles. The van der Waals surface area contributed by atoms with E-state index < -0.39 is 6.17 Å². The molecule has 0 spiro atoms. The van der Waals surface area contributed by atoms with Crippen LogP contribution in [0.25, 0.3) is 0 Å². The molecule has 1 saturated heterocycles. The Morgan fingerprint density at radius 1 is 1.41 bits per heavy atom. The minimum Gasteiger partial charge on any atom is -0.338 e. The van der Waals surface area contributed by atoms with Gasteiger partial charge in [0.25, 0.3) is 5.91 Å². The topological polar surface area (TPSA) is 20.3 Å². The lowest BCUT2D eigenvalue weighted by atomic mass is 10.1. The van der Waals surface area contributed by atoms with Crippen LogP contribution in [-0.4, -0.2) is 30.1 Å². The first-order valence-electron chi connectivity index (χ1n) is 5.46. The smallest absolute Gasteiger partial charge is 0.253 e. The first kappa shape index (κ1) is 13.1. The van der Waals surface area contributed by atoms with Crippen molar-refractivity contribution in [2.24, 2.45) is 0 Å². The van der Waals surface area contributed by atoms with Gasteiger partial charge in [0.2, 0.25) is 0 Å². The van der Waals surface area contributed by atoms with Crippen LogP contribution in [0.15, 0.2) is 18.2 Å². The molecule has 1 fully saturated rings. The maximum Gasteiger partial charge on any atom is 0.253 e. The second-order valence-electron chi connectivity index (χ2n) is 4.10. The molecule has 0 unspecified atom stereocenters. The summed E-state index contributed by atoms with van der Waals surface area (Å²) in [5.41, 5.74) is 0.621. The summed E-state index contributed by atoms with van der Waals surface area (Å²) in [6, 6.07) is 5.21. The molecule has 0 N–H and O–H groups in total. The molecule has 0 aliphatic carbocycles. The second kappa shape index (κ2) is 5.52.